The van der Waals surface area contributed by atoms with Crippen molar-refractivity contribution in [1.82, 2.24) is 0 Å². The molecule has 0 aliphatic carbocycles. The normalized spacial score (nSPS) is 10.2. The lowest BCUT2D eigenvalue weighted by atomic mass is 10.2. The standard InChI is InChI=1S/C19H22ClN3O4/c1-26-15-6-4-14(5-7-15)23(10-9-18(21)24)12-19(25)22-13-3-8-17(27-2)16(20)11-13/h3-8,11H,9-10,12H2,1-2H3,(H2,21,24)(H,22,25). The Balaban J connectivity index is 2.09. The van der Waals surface area contributed by atoms with Gasteiger partial charge in [0.2, 0.25) is 11.8 Å². The molecule has 2 amide bonds. The largest absolute Gasteiger partial charge is 0.497 e. The average molecular weight is 392 g/mol. The molecule has 8 heteroatoms. The van der Waals surface area contributed by atoms with Gasteiger partial charge in [-0.2, -0.15) is 0 Å². The lowest BCUT2D eigenvalue weighted by Crippen LogP contribution is -2.35. The molecule has 0 radical (unpaired) electrons. The first-order valence-electron chi connectivity index (χ1n) is 8.23. The fourth-order valence-corrected chi connectivity index (χ4v) is 2.71. The van der Waals surface area contributed by atoms with E-state index in [0.29, 0.717) is 28.8 Å². The lowest BCUT2D eigenvalue weighted by molar-refractivity contribution is -0.118. The van der Waals surface area contributed by atoms with Gasteiger partial charge in [0.1, 0.15) is 11.5 Å². The molecule has 27 heavy (non-hydrogen) atoms. The number of nitrogens with two attached hydrogens (primary N) is 1. The highest BCUT2D eigenvalue weighted by atomic mass is 35.5. The molecule has 0 aliphatic rings. The third-order valence-corrected chi connectivity index (χ3v) is 4.13. The van der Waals surface area contributed by atoms with Crippen LogP contribution in [0.1, 0.15) is 6.42 Å². The lowest BCUT2D eigenvalue weighted by Gasteiger charge is -2.24. The zero-order valence-electron chi connectivity index (χ0n) is 15.2. The van der Waals surface area contributed by atoms with E-state index >= 15 is 0 Å². The van der Waals surface area contributed by atoms with E-state index in [2.05, 4.69) is 5.32 Å². The summed E-state index contributed by atoms with van der Waals surface area (Å²) in [6.45, 7) is 0.363. The highest BCUT2D eigenvalue weighted by molar-refractivity contribution is 6.32. The molecule has 2 aromatic rings. The van der Waals surface area contributed by atoms with Crippen molar-refractivity contribution in [1.29, 1.82) is 0 Å². The number of halogens is 1. The van der Waals surface area contributed by atoms with E-state index in [-0.39, 0.29) is 18.9 Å². The van der Waals surface area contributed by atoms with E-state index < -0.39 is 5.91 Å². The topological polar surface area (TPSA) is 93.9 Å². The molecule has 0 atom stereocenters. The van der Waals surface area contributed by atoms with Gasteiger partial charge in [0.05, 0.1) is 25.8 Å². The average Bonchev–Trinajstić information content (AvgIpc) is 2.65. The Labute approximate surface area is 163 Å². The summed E-state index contributed by atoms with van der Waals surface area (Å²) in [5.41, 5.74) is 6.58. The number of amides is 2. The van der Waals surface area contributed by atoms with Crippen molar-refractivity contribution < 1.29 is 19.1 Å². The minimum atomic E-state index is -0.434. The van der Waals surface area contributed by atoms with Gasteiger partial charge >= 0.3 is 0 Å². The molecular formula is C19H22ClN3O4. The first-order valence-corrected chi connectivity index (χ1v) is 8.61. The van der Waals surface area contributed by atoms with Crippen LogP contribution < -0.4 is 25.4 Å². The van der Waals surface area contributed by atoms with Crippen LogP contribution in [0.2, 0.25) is 5.02 Å². The van der Waals surface area contributed by atoms with Gasteiger partial charge < -0.3 is 25.4 Å². The summed E-state index contributed by atoms with van der Waals surface area (Å²) in [6.07, 6.45) is 0.133. The van der Waals surface area contributed by atoms with Crippen molar-refractivity contribution in [3.05, 3.63) is 47.5 Å². The van der Waals surface area contributed by atoms with Crippen molar-refractivity contribution in [3.63, 3.8) is 0 Å². The van der Waals surface area contributed by atoms with Gasteiger partial charge in [-0.3, -0.25) is 9.59 Å². The number of anilines is 2. The number of methoxy groups -OCH3 is 2. The predicted molar refractivity (Wildman–Crippen MR) is 106 cm³/mol. The molecule has 2 aromatic carbocycles. The zero-order valence-corrected chi connectivity index (χ0v) is 16.0. The minimum absolute atomic E-state index is 0.0449. The van der Waals surface area contributed by atoms with Gasteiger partial charge in [-0.15, -0.1) is 0 Å². The van der Waals surface area contributed by atoms with Gasteiger partial charge in [-0.1, -0.05) is 11.6 Å². The first-order chi connectivity index (χ1) is 12.9. The van der Waals surface area contributed by atoms with Crippen molar-refractivity contribution >= 4 is 34.8 Å². The van der Waals surface area contributed by atoms with Gasteiger partial charge in [-0.25, -0.2) is 0 Å². The summed E-state index contributed by atoms with van der Waals surface area (Å²) in [5, 5.41) is 3.18. The SMILES string of the molecule is COc1ccc(N(CCC(N)=O)CC(=O)Nc2ccc(OC)c(Cl)c2)cc1. The van der Waals surface area contributed by atoms with Crippen molar-refractivity contribution in [2.75, 3.05) is 37.5 Å². The number of hydrogen-bond acceptors (Lipinski definition) is 5. The fourth-order valence-electron chi connectivity index (χ4n) is 2.46. The zero-order chi connectivity index (χ0) is 19.8. The second kappa shape index (κ2) is 9.68. The third kappa shape index (κ3) is 6.07. The predicted octanol–water partition coefficient (Wildman–Crippen LogP) is 2.68. The number of carbonyl (C=O) groups is 2. The maximum Gasteiger partial charge on any atom is 0.243 e. The number of nitrogens with one attached hydrogen (secondary N) is 1. The third-order valence-electron chi connectivity index (χ3n) is 3.84. The van der Waals surface area contributed by atoms with E-state index in [4.69, 9.17) is 26.8 Å². The molecule has 0 unspecified atom stereocenters. The van der Waals surface area contributed by atoms with Crippen LogP contribution in [-0.4, -0.2) is 39.1 Å². The van der Waals surface area contributed by atoms with Crippen LogP contribution in [0.25, 0.3) is 0 Å². The molecule has 0 heterocycles. The highest BCUT2D eigenvalue weighted by Crippen LogP contribution is 2.27. The number of carbonyl (C=O) groups excluding carboxylic acids is 2. The second-order valence-corrected chi connectivity index (χ2v) is 6.14. The molecule has 0 aliphatic heterocycles. The molecule has 144 valence electrons. The van der Waals surface area contributed by atoms with Gasteiger partial charge in [0.15, 0.2) is 0 Å². The number of rotatable bonds is 9. The van der Waals surface area contributed by atoms with Crippen LogP contribution in [-0.2, 0) is 9.59 Å². The number of ether oxygens (including phenoxy) is 2. The Hall–Kier alpha value is -2.93. The molecule has 3 N–H and O–H groups in total. The molecule has 0 fully saturated rings. The van der Waals surface area contributed by atoms with Crippen LogP contribution in [0.5, 0.6) is 11.5 Å². The van der Waals surface area contributed by atoms with E-state index in [9.17, 15) is 9.59 Å². The van der Waals surface area contributed by atoms with E-state index in [1.54, 1.807) is 42.3 Å². The Morgan fingerprint density at radius 3 is 2.37 bits per heavy atom. The van der Waals surface area contributed by atoms with Crippen molar-refractivity contribution in [2.24, 2.45) is 5.73 Å². The molecule has 0 spiro atoms. The highest BCUT2D eigenvalue weighted by Gasteiger charge is 2.14. The number of nitrogens with zero attached hydrogens (tertiary/aromatic N) is 1. The van der Waals surface area contributed by atoms with Crippen LogP contribution in [0.4, 0.5) is 11.4 Å². The Bertz CT molecular complexity index is 796. The summed E-state index contributed by atoms with van der Waals surface area (Å²) < 4.78 is 10.2. The van der Waals surface area contributed by atoms with Crippen molar-refractivity contribution in [2.45, 2.75) is 6.42 Å². The Morgan fingerprint density at radius 2 is 1.81 bits per heavy atom. The number of primary amides is 1. The van der Waals surface area contributed by atoms with Crippen LogP contribution in [0.3, 0.4) is 0 Å². The van der Waals surface area contributed by atoms with Gasteiger partial charge in [0.25, 0.3) is 0 Å². The van der Waals surface area contributed by atoms with E-state index in [1.165, 1.54) is 7.11 Å². The maximum absolute atomic E-state index is 12.5. The van der Waals surface area contributed by atoms with E-state index in [0.717, 1.165) is 5.69 Å². The summed E-state index contributed by atoms with van der Waals surface area (Å²) in [4.78, 5) is 25.4. The van der Waals surface area contributed by atoms with Crippen molar-refractivity contribution in [3.8, 4) is 11.5 Å². The van der Waals surface area contributed by atoms with E-state index in [1.807, 2.05) is 12.1 Å². The molecular weight excluding hydrogens is 370 g/mol. The van der Waals surface area contributed by atoms with Gasteiger partial charge in [0, 0.05) is 24.3 Å². The molecule has 0 saturated carbocycles. The monoisotopic (exact) mass is 391 g/mol. The fraction of sp³-hybridized carbons (Fsp3) is 0.263. The minimum Gasteiger partial charge on any atom is -0.497 e. The molecule has 0 saturated heterocycles. The summed E-state index contributed by atoms with van der Waals surface area (Å²) >= 11 is 6.08. The second-order valence-electron chi connectivity index (χ2n) is 5.73. The number of benzene rings is 2. The van der Waals surface area contributed by atoms with Crippen LogP contribution in [0.15, 0.2) is 42.5 Å². The maximum atomic E-state index is 12.5. The number of hydrogen-bond donors (Lipinski definition) is 2. The van der Waals surface area contributed by atoms with Gasteiger partial charge in [-0.05, 0) is 42.5 Å². The molecule has 0 aromatic heterocycles. The first kappa shape index (κ1) is 20.4. The van der Waals surface area contributed by atoms with Crippen LogP contribution >= 0.6 is 11.6 Å². The van der Waals surface area contributed by atoms with Crippen LogP contribution in [0, 0.1) is 0 Å². The Kier molecular flexibility index (Phi) is 7.31. The molecule has 2 rings (SSSR count). The summed E-state index contributed by atoms with van der Waals surface area (Å²) in [6, 6.07) is 12.2. The summed E-state index contributed by atoms with van der Waals surface area (Å²) in [5.74, 6) is 0.536. The summed E-state index contributed by atoms with van der Waals surface area (Å²) in [7, 11) is 3.10. The smallest absolute Gasteiger partial charge is 0.243 e. The molecule has 0 bridgehead atoms. The Morgan fingerprint density at radius 1 is 1.11 bits per heavy atom. The molecule has 7 nitrogen and oxygen atoms in total. The quantitative estimate of drug-likeness (QED) is 0.685.